The molecule has 0 atom stereocenters. The van der Waals surface area contributed by atoms with Crippen LogP contribution in [0.5, 0.6) is 0 Å². The van der Waals surface area contributed by atoms with Gasteiger partial charge in [0.2, 0.25) is 0 Å². The molecule has 0 aromatic carbocycles. The first-order chi connectivity index (χ1) is 7.27. The predicted octanol–water partition coefficient (Wildman–Crippen LogP) is 2.72. The maximum atomic E-state index is 11.8. The van der Waals surface area contributed by atoms with E-state index >= 15 is 0 Å². The summed E-state index contributed by atoms with van der Waals surface area (Å²) in [4.78, 5) is 0. The molecule has 0 aliphatic heterocycles. The van der Waals surface area contributed by atoms with Crippen molar-refractivity contribution in [2.75, 3.05) is 19.7 Å². The fourth-order valence-electron chi connectivity index (χ4n) is 1.49. The molecule has 0 fully saturated rings. The maximum absolute atomic E-state index is 11.8. The molecule has 16 heavy (non-hydrogen) atoms. The maximum Gasteiger partial charge on any atom is 0.389 e. The molecular formula is C11H22F3NO. The average molecular weight is 241 g/mol. The quantitative estimate of drug-likeness (QED) is 0.640. The first kappa shape index (κ1) is 15.7. The molecule has 0 aliphatic rings. The van der Waals surface area contributed by atoms with Gasteiger partial charge in [-0.05, 0) is 31.2 Å². The van der Waals surface area contributed by atoms with Crippen molar-refractivity contribution in [2.24, 2.45) is 5.41 Å². The molecule has 0 aliphatic carbocycles. The summed E-state index contributed by atoms with van der Waals surface area (Å²) in [7, 11) is 0. The summed E-state index contributed by atoms with van der Waals surface area (Å²) in [5, 5.41) is 11.7. The van der Waals surface area contributed by atoms with Crippen LogP contribution in [0.4, 0.5) is 13.2 Å². The third-order valence-corrected chi connectivity index (χ3v) is 2.43. The van der Waals surface area contributed by atoms with E-state index in [1.165, 1.54) is 0 Å². The molecule has 2 N–H and O–H groups in total. The van der Waals surface area contributed by atoms with Gasteiger partial charge in [-0.2, -0.15) is 13.2 Å². The van der Waals surface area contributed by atoms with Crippen molar-refractivity contribution in [3.8, 4) is 0 Å². The predicted molar refractivity (Wildman–Crippen MR) is 58.3 cm³/mol. The van der Waals surface area contributed by atoms with Crippen LogP contribution in [-0.2, 0) is 0 Å². The van der Waals surface area contributed by atoms with Crippen LogP contribution >= 0.6 is 0 Å². The van der Waals surface area contributed by atoms with Gasteiger partial charge in [-0.1, -0.05) is 13.8 Å². The van der Waals surface area contributed by atoms with Crippen LogP contribution in [0.2, 0.25) is 0 Å². The fourth-order valence-corrected chi connectivity index (χ4v) is 1.49. The average Bonchev–Trinajstić information content (AvgIpc) is 2.12. The normalized spacial score (nSPS) is 13.1. The Morgan fingerprint density at radius 3 is 2.19 bits per heavy atom. The van der Waals surface area contributed by atoms with Crippen LogP contribution in [0.15, 0.2) is 0 Å². The van der Waals surface area contributed by atoms with Crippen molar-refractivity contribution in [1.82, 2.24) is 5.32 Å². The lowest BCUT2D eigenvalue weighted by Crippen LogP contribution is -2.30. The highest BCUT2D eigenvalue weighted by Crippen LogP contribution is 2.22. The van der Waals surface area contributed by atoms with Gasteiger partial charge < -0.3 is 10.4 Å². The van der Waals surface area contributed by atoms with E-state index in [-0.39, 0.29) is 18.4 Å². The molecule has 0 amide bonds. The number of aliphatic hydroxyl groups is 1. The van der Waals surface area contributed by atoms with Gasteiger partial charge in [0, 0.05) is 19.6 Å². The van der Waals surface area contributed by atoms with E-state index in [4.69, 9.17) is 5.11 Å². The minimum absolute atomic E-state index is 0.0287. The van der Waals surface area contributed by atoms with Crippen LogP contribution in [-0.4, -0.2) is 31.0 Å². The molecule has 2 nitrogen and oxygen atoms in total. The molecule has 0 unspecified atom stereocenters. The largest absolute Gasteiger partial charge is 0.396 e. The second kappa shape index (κ2) is 7.12. The highest BCUT2D eigenvalue weighted by Gasteiger charge is 2.26. The zero-order valence-corrected chi connectivity index (χ0v) is 10.0. The summed E-state index contributed by atoms with van der Waals surface area (Å²) in [5.41, 5.74) is 0.0287. The second-order valence-corrected chi connectivity index (χ2v) is 4.89. The first-order valence-corrected chi connectivity index (χ1v) is 5.65. The third-order valence-electron chi connectivity index (χ3n) is 2.43. The molecule has 0 spiro atoms. The minimum atomic E-state index is -4.05. The monoisotopic (exact) mass is 241 g/mol. The minimum Gasteiger partial charge on any atom is -0.396 e. The van der Waals surface area contributed by atoms with Crippen LogP contribution in [0, 0.1) is 5.41 Å². The molecule has 0 rings (SSSR count). The summed E-state index contributed by atoms with van der Waals surface area (Å²) >= 11 is 0. The Kier molecular flexibility index (Phi) is 6.99. The van der Waals surface area contributed by atoms with Crippen LogP contribution in [0.3, 0.4) is 0 Å². The number of halogens is 3. The van der Waals surface area contributed by atoms with Gasteiger partial charge >= 0.3 is 6.18 Å². The summed E-state index contributed by atoms with van der Waals surface area (Å²) in [6, 6.07) is 0. The van der Waals surface area contributed by atoms with E-state index < -0.39 is 12.6 Å². The second-order valence-electron chi connectivity index (χ2n) is 4.89. The van der Waals surface area contributed by atoms with E-state index in [1.807, 2.05) is 13.8 Å². The topological polar surface area (TPSA) is 32.3 Å². The number of hydrogen-bond donors (Lipinski definition) is 2. The van der Waals surface area contributed by atoms with Gasteiger partial charge in [-0.25, -0.2) is 0 Å². The van der Waals surface area contributed by atoms with Gasteiger partial charge in [-0.3, -0.25) is 0 Å². The summed E-state index contributed by atoms with van der Waals surface area (Å²) in [6.45, 7) is 5.32. The van der Waals surface area contributed by atoms with E-state index in [0.717, 1.165) is 12.8 Å². The van der Waals surface area contributed by atoms with Crippen molar-refractivity contribution in [3.05, 3.63) is 0 Å². The van der Waals surface area contributed by atoms with Crippen molar-refractivity contribution in [2.45, 2.75) is 45.7 Å². The number of hydrogen-bond acceptors (Lipinski definition) is 2. The molecule has 98 valence electrons. The van der Waals surface area contributed by atoms with Crippen molar-refractivity contribution in [3.63, 3.8) is 0 Å². The molecule has 0 saturated carbocycles. The van der Waals surface area contributed by atoms with E-state index in [1.54, 1.807) is 0 Å². The highest BCUT2D eigenvalue weighted by molar-refractivity contribution is 4.71. The standard InChI is InChI=1S/C11H22F3NO/c1-10(2,5-4-8-16)9-15-7-3-6-11(12,13)14/h15-16H,3-9H2,1-2H3. The smallest absolute Gasteiger partial charge is 0.389 e. The number of nitrogens with one attached hydrogen (secondary N) is 1. The number of alkyl halides is 3. The van der Waals surface area contributed by atoms with Crippen LogP contribution in [0.1, 0.15) is 39.5 Å². The van der Waals surface area contributed by atoms with Crippen LogP contribution in [0.25, 0.3) is 0 Å². The Hall–Kier alpha value is -0.290. The fraction of sp³-hybridized carbons (Fsp3) is 1.00. The van der Waals surface area contributed by atoms with E-state index in [9.17, 15) is 13.2 Å². The lowest BCUT2D eigenvalue weighted by Gasteiger charge is -2.24. The van der Waals surface area contributed by atoms with Crippen molar-refractivity contribution in [1.29, 1.82) is 0 Å². The zero-order valence-electron chi connectivity index (χ0n) is 10.0. The van der Waals surface area contributed by atoms with Crippen molar-refractivity contribution < 1.29 is 18.3 Å². The first-order valence-electron chi connectivity index (χ1n) is 5.65. The molecular weight excluding hydrogens is 219 g/mol. The van der Waals surface area contributed by atoms with Gasteiger partial charge in [0.05, 0.1) is 0 Å². The lowest BCUT2D eigenvalue weighted by molar-refractivity contribution is -0.135. The molecule has 5 heteroatoms. The summed E-state index contributed by atoms with van der Waals surface area (Å²) < 4.78 is 35.5. The third kappa shape index (κ3) is 10.2. The Morgan fingerprint density at radius 1 is 1.06 bits per heavy atom. The Morgan fingerprint density at radius 2 is 1.69 bits per heavy atom. The van der Waals surface area contributed by atoms with Gasteiger partial charge in [0.1, 0.15) is 0 Å². The summed E-state index contributed by atoms with van der Waals surface area (Å²) in [5.74, 6) is 0. The SMILES string of the molecule is CC(C)(CCCO)CNCCCC(F)(F)F. The van der Waals surface area contributed by atoms with Crippen LogP contribution < -0.4 is 5.32 Å². The zero-order chi connectivity index (χ0) is 12.7. The molecule has 0 radical (unpaired) electrons. The molecule has 0 bridgehead atoms. The Balaban J connectivity index is 3.50. The molecule has 0 aromatic heterocycles. The molecule has 0 saturated heterocycles. The van der Waals surface area contributed by atoms with Gasteiger partial charge in [0.15, 0.2) is 0 Å². The highest BCUT2D eigenvalue weighted by atomic mass is 19.4. The Bertz CT molecular complexity index is 181. The molecule has 0 aromatic rings. The van der Waals surface area contributed by atoms with E-state index in [0.29, 0.717) is 13.1 Å². The Labute approximate surface area is 95.2 Å². The van der Waals surface area contributed by atoms with Gasteiger partial charge in [-0.15, -0.1) is 0 Å². The molecule has 0 heterocycles. The van der Waals surface area contributed by atoms with Gasteiger partial charge in [0.25, 0.3) is 0 Å². The van der Waals surface area contributed by atoms with Crippen molar-refractivity contribution >= 4 is 0 Å². The number of rotatable bonds is 8. The van der Waals surface area contributed by atoms with E-state index in [2.05, 4.69) is 5.32 Å². The number of aliphatic hydroxyl groups excluding tert-OH is 1. The summed E-state index contributed by atoms with van der Waals surface area (Å²) in [6.07, 6.45) is -3.04. The lowest BCUT2D eigenvalue weighted by atomic mass is 9.88.